The highest BCUT2D eigenvalue weighted by molar-refractivity contribution is 9.09. The molecule has 1 heterocycles. The molecule has 1 aromatic heterocycles. The maximum atomic E-state index is 11.5. The lowest BCUT2D eigenvalue weighted by Gasteiger charge is -2.13. The number of hydrogen-bond acceptors (Lipinski definition) is 3. The third kappa shape index (κ3) is 3.12. The number of ether oxygens (including phenoxy) is 1. The molecule has 0 spiro atoms. The number of alkyl halides is 1. The predicted molar refractivity (Wildman–Crippen MR) is 55.5 cm³/mol. The third-order valence-corrected chi connectivity index (χ3v) is 2.42. The fraction of sp³-hybridized carbons (Fsp3) is 0.500. The van der Waals surface area contributed by atoms with Crippen molar-refractivity contribution in [1.29, 1.82) is 0 Å². The molecule has 0 aliphatic heterocycles. The van der Waals surface area contributed by atoms with Crippen molar-refractivity contribution in [3.8, 4) is 0 Å². The molecule has 0 saturated carbocycles. The Labute approximate surface area is 90.3 Å². The Morgan fingerprint density at radius 1 is 1.86 bits per heavy atom. The van der Waals surface area contributed by atoms with E-state index in [0.29, 0.717) is 17.6 Å². The van der Waals surface area contributed by atoms with Crippen LogP contribution < -0.4 is 5.32 Å². The van der Waals surface area contributed by atoms with Gasteiger partial charge in [0.25, 0.3) is 5.91 Å². The number of aromatic nitrogens is 2. The number of nitrogens with one attached hydrogen (secondary N) is 2. The summed E-state index contributed by atoms with van der Waals surface area (Å²) in [5, 5.41) is 9.73. The van der Waals surface area contributed by atoms with Gasteiger partial charge in [0, 0.05) is 18.6 Å². The zero-order valence-electron chi connectivity index (χ0n) is 7.79. The minimum Gasteiger partial charge on any atom is -0.383 e. The maximum Gasteiger partial charge on any atom is 0.269 e. The second kappa shape index (κ2) is 5.77. The smallest absolute Gasteiger partial charge is 0.269 e. The fourth-order valence-corrected chi connectivity index (χ4v) is 1.32. The van der Waals surface area contributed by atoms with Gasteiger partial charge in [-0.25, -0.2) is 0 Å². The zero-order chi connectivity index (χ0) is 10.4. The SMILES string of the molecule is COCC(CBr)NC(=O)c1ccn[nH]1. The Bertz CT molecular complexity index is 276. The molecule has 5 nitrogen and oxygen atoms in total. The second-order valence-corrected chi connectivity index (χ2v) is 3.40. The van der Waals surface area contributed by atoms with Gasteiger partial charge >= 0.3 is 0 Å². The number of aromatic amines is 1. The summed E-state index contributed by atoms with van der Waals surface area (Å²) in [5.74, 6) is -0.177. The lowest BCUT2D eigenvalue weighted by molar-refractivity contribution is 0.0903. The van der Waals surface area contributed by atoms with E-state index in [2.05, 4.69) is 31.4 Å². The van der Waals surface area contributed by atoms with Crippen molar-refractivity contribution in [3.63, 3.8) is 0 Å². The highest BCUT2D eigenvalue weighted by atomic mass is 79.9. The van der Waals surface area contributed by atoms with Gasteiger partial charge in [-0.05, 0) is 6.07 Å². The first-order valence-corrected chi connectivity index (χ1v) is 5.25. The zero-order valence-corrected chi connectivity index (χ0v) is 9.37. The van der Waals surface area contributed by atoms with E-state index in [1.54, 1.807) is 13.2 Å². The standard InChI is InChI=1S/C8H12BrN3O2/c1-14-5-6(4-9)11-8(13)7-2-3-10-12-7/h2-3,6H,4-5H2,1H3,(H,10,12)(H,11,13). The van der Waals surface area contributed by atoms with Crippen LogP contribution in [0.5, 0.6) is 0 Å². The normalized spacial score (nSPS) is 12.4. The van der Waals surface area contributed by atoms with Gasteiger partial charge in [-0.15, -0.1) is 0 Å². The Balaban J connectivity index is 2.47. The minimum absolute atomic E-state index is 0.0317. The fourth-order valence-electron chi connectivity index (χ4n) is 0.971. The van der Waals surface area contributed by atoms with Gasteiger partial charge in [0.1, 0.15) is 5.69 Å². The van der Waals surface area contributed by atoms with Crippen LogP contribution in [0, 0.1) is 0 Å². The van der Waals surface area contributed by atoms with E-state index in [1.165, 1.54) is 6.20 Å². The topological polar surface area (TPSA) is 67.0 Å². The third-order valence-electron chi connectivity index (χ3n) is 1.63. The van der Waals surface area contributed by atoms with E-state index in [0.717, 1.165) is 0 Å². The minimum atomic E-state index is -0.177. The molecule has 2 N–H and O–H groups in total. The van der Waals surface area contributed by atoms with Gasteiger partial charge in [-0.3, -0.25) is 9.89 Å². The molecule has 0 bridgehead atoms. The van der Waals surface area contributed by atoms with Gasteiger partial charge in [-0.1, -0.05) is 15.9 Å². The second-order valence-electron chi connectivity index (χ2n) is 2.75. The van der Waals surface area contributed by atoms with Crippen LogP contribution in [0.1, 0.15) is 10.5 Å². The van der Waals surface area contributed by atoms with Crippen LogP contribution in [-0.4, -0.2) is 41.2 Å². The van der Waals surface area contributed by atoms with E-state index in [4.69, 9.17) is 4.74 Å². The Morgan fingerprint density at radius 3 is 3.14 bits per heavy atom. The van der Waals surface area contributed by atoms with Crippen molar-refractivity contribution < 1.29 is 9.53 Å². The van der Waals surface area contributed by atoms with Gasteiger partial charge in [-0.2, -0.15) is 5.10 Å². The van der Waals surface area contributed by atoms with Crippen LogP contribution in [0.2, 0.25) is 0 Å². The number of carbonyl (C=O) groups excluding carboxylic acids is 1. The molecule has 1 amide bonds. The summed E-state index contributed by atoms with van der Waals surface area (Å²) in [4.78, 5) is 11.5. The van der Waals surface area contributed by atoms with E-state index in [9.17, 15) is 4.79 Å². The van der Waals surface area contributed by atoms with Crippen LogP contribution in [0.3, 0.4) is 0 Å². The molecule has 0 aromatic carbocycles. The van der Waals surface area contributed by atoms with E-state index < -0.39 is 0 Å². The summed E-state index contributed by atoms with van der Waals surface area (Å²) in [6.45, 7) is 0.477. The first-order valence-electron chi connectivity index (χ1n) is 4.13. The van der Waals surface area contributed by atoms with Crippen LogP contribution in [-0.2, 0) is 4.74 Å². The molecule has 0 radical (unpaired) electrons. The number of rotatable bonds is 5. The number of halogens is 1. The van der Waals surface area contributed by atoms with Crippen molar-refractivity contribution >= 4 is 21.8 Å². The molecule has 1 aromatic rings. The van der Waals surface area contributed by atoms with Gasteiger partial charge < -0.3 is 10.1 Å². The van der Waals surface area contributed by atoms with E-state index in [-0.39, 0.29) is 11.9 Å². The number of nitrogens with zero attached hydrogens (tertiary/aromatic N) is 1. The van der Waals surface area contributed by atoms with E-state index in [1.807, 2.05) is 0 Å². The molecular formula is C8H12BrN3O2. The highest BCUT2D eigenvalue weighted by Crippen LogP contribution is 1.96. The van der Waals surface area contributed by atoms with Crippen LogP contribution >= 0.6 is 15.9 Å². The quantitative estimate of drug-likeness (QED) is 0.761. The lowest BCUT2D eigenvalue weighted by atomic mass is 10.3. The summed E-state index contributed by atoms with van der Waals surface area (Å²) >= 11 is 3.29. The van der Waals surface area contributed by atoms with Gasteiger partial charge in [0.15, 0.2) is 0 Å². The van der Waals surface area contributed by atoms with Gasteiger partial charge in [0.2, 0.25) is 0 Å². The lowest BCUT2D eigenvalue weighted by Crippen LogP contribution is -2.39. The average molecular weight is 262 g/mol. The Hall–Kier alpha value is -0.880. The molecule has 0 aliphatic carbocycles. The van der Waals surface area contributed by atoms with Crippen molar-refractivity contribution in [2.45, 2.75) is 6.04 Å². The van der Waals surface area contributed by atoms with Crippen molar-refractivity contribution in [2.75, 3.05) is 19.0 Å². The number of methoxy groups -OCH3 is 1. The van der Waals surface area contributed by atoms with Crippen molar-refractivity contribution in [1.82, 2.24) is 15.5 Å². The number of H-pyrrole nitrogens is 1. The number of amides is 1. The van der Waals surface area contributed by atoms with Crippen molar-refractivity contribution in [3.05, 3.63) is 18.0 Å². The molecule has 78 valence electrons. The molecule has 1 unspecified atom stereocenters. The first kappa shape index (κ1) is 11.2. The van der Waals surface area contributed by atoms with Crippen LogP contribution in [0.15, 0.2) is 12.3 Å². The summed E-state index contributed by atoms with van der Waals surface area (Å²) in [6, 6.07) is 1.59. The average Bonchev–Trinajstić information content (AvgIpc) is 2.69. The Morgan fingerprint density at radius 2 is 2.64 bits per heavy atom. The van der Waals surface area contributed by atoms with Gasteiger partial charge in [0.05, 0.1) is 12.6 Å². The molecule has 14 heavy (non-hydrogen) atoms. The molecule has 1 atom stereocenters. The molecule has 0 saturated heterocycles. The largest absolute Gasteiger partial charge is 0.383 e. The first-order chi connectivity index (χ1) is 6.77. The van der Waals surface area contributed by atoms with Crippen LogP contribution in [0.4, 0.5) is 0 Å². The molecule has 0 aliphatic rings. The predicted octanol–water partition coefficient (Wildman–Crippen LogP) is 0.549. The summed E-state index contributed by atoms with van der Waals surface area (Å²) in [6.07, 6.45) is 1.54. The number of hydrogen-bond donors (Lipinski definition) is 2. The summed E-state index contributed by atoms with van der Waals surface area (Å²) in [5.41, 5.74) is 0.451. The molecule has 0 fully saturated rings. The highest BCUT2D eigenvalue weighted by Gasteiger charge is 2.12. The monoisotopic (exact) mass is 261 g/mol. The van der Waals surface area contributed by atoms with Crippen LogP contribution in [0.25, 0.3) is 0 Å². The Kier molecular flexibility index (Phi) is 4.61. The molecule has 1 rings (SSSR count). The maximum absolute atomic E-state index is 11.5. The summed E-state index contributed by atoms with van der Waals surface area (Å²) in [7, 11) is 1.60. The summed E-state index contributed by atoms with van der Waals surface area (Å²) < 4.78 is 4.94. The molecule has 6 heteroatoms. The van der Waals surface area contributed by atoms with E-state index >= 15 is 0 Å². The molecular weight excluding hydrogens is 250 g/mol. The van der Waals surface area contributed by atoms with Crippen molar-refractivity contribution in [2.24, 2.45) is 0 Å². The number of carbonyl (C=O) groups is 1.